The van der Waals surface area contributed by atoms with Crippen LogP contribution in [0.1, 0.15) is 41.5 Å². The number of nitrogens with zero attached hydrogens (tertiary/aromatic N) is 1. The molecule has 1 aliphatic rings. The summed E-state index contributed by atoms with van der Waals surface area (Å²) < 4.78 is 5.53. The molecule has 34 heavy (non-hydrogen) atoms. The van der Waals surface area contributed by atoms with Crippen LogP contribution in [0.25, 0.3) is 0 Å². The second-order valence-electron chi connectivity index (χ2n) is 9.12. The normalized spacial score (nSPS) is 14.9. The Kier molecular flexibility index (Phi) is 7.63. The van der Waals surface area contributed by atoms with Gasteiger partial charge in [0.15, 0.2) is 0 Å². The molecule has 2 amide bonds. The van der Waals surface area contributed by atoms with Gasteiger partial charge in [-0.15, -0.1) is 0 Å². The Morgan fingerprint density at radius 2 is 1.53 bits per heavy atom. The van der Waals surface area contributed by atoms with Gasteiger partial charge in [-0.2, -0.15) is 0 Å². The Bertz CT molecular complexity index is 1090. The molecule has 4 rings (SSSR count). The number of hydrogen-bond acceptors (Lipinski definition) is 3. The lowest BCUT2D eigenvalue weighted by atomic mass is 9.70. The topological polar surface area (TPSA) is 58.6 Å². The highest BCUT2D eigenvalue weighted by Gasteiger charge is 2.39. The quantitative estimate of drug-likeness (QED) is 0.520. The molecule has 0 spiro atoms. The maximum absolute atomic E-state index is 13.0. The summed E-state index contributed by atoms with van der Waals surface area (Å²) in [5.41, 5.74) is 4.10. The second kappa shape index (κ2) is 11.0. The Hall–Kier alpha value is -3.60. The summed E-state index contributed by atoms with van der Waals surface area (Å²) >= 11 is 0. The van der Waals surface area contributed by atoms with E-state index < -0.39 is 0 Å². The first-order chi connectivity index (χ1) is 16.5. The van der Waals surface area contributed by atoms with Crippen molar-refractivity contribution in [3.63, 3.8) is 0 Å². The summed E-state index contributed by atoms with van der Waals surface area (Å²) in [5, 5.41) is 3.10. The van der Waals surface area contributed by atoms with E-state index in [2.05, 4.69) is 23.5 Å². The van der Waals surface area contributed by atoms with E-state index in [4.69, 9.17) is 4.74 Å². The van der Waals surface area contributed by atoms with Gasteiger partial charge < -0.3 is 15.0 Å². The first-order valence-corrected chi connectivity index (χ1v) is 11.9. The van der Waals surface area contributed by atoms with Gasteiger partial charge in [0.05, 0.1) is 0 Å². The predicted octanol–water partition coefficient (Wildman–Crippen LogP) is 5.37. The number of carbonyl (C=O) groups is 2. The number of ether oxygens (including phenoxy) is 1. The van der Waals surface area contributed by atoms with Gasteiger partial charge in [-0.3, -0.25) is 4.79 Å². The maximum Gasteiger partial charge on any atom is 0.410 e. The average Bonchev–Trinajstić information content (AvgIpc) is 2.88. The SMILES string of the molecule is Cc1cccc(CNC(=O)CC2(c3ccccc3)CCN(C(=O)OCc3ccccc3)CC2)c1. The summed E-state index contributed by atoms with van der Waals surface area (Å²) in [6.07, 6.45) is 1.54. The number of piperidine rings is 1. The van der Waals surface area contributed by atoms with Gasteiger partial charge in [-0.1, -0.05) is 90.5 Å². The van der Waals surface area contributed by atoms with E-state index in [0.29, 0.717) is 26.1 Å². The van der Waals surface area contributed by atoms with Crippen LogP contribution >= 0.6 is 0 Å². The Balaban J connectivity index is 1.38. The van der Waals surface area contributed by atoms with Crippen LogP contribution < -0.4 is 5.32 Å². The molecule has 3 aromatic carbocycles. The summed E-state index contributed by atoms with van der Waals surface area (Å²) in [6.45, 7) is 3.96. The van der Waals surface area contributed by atoms with E-state index in [0.717, 1.165) is 29.5 Å². The highest BCUT2D eigenvalue weighted by molar-refractivity contribution is 5.78. The molecule has 1 heterocycles. The summed E-state index contributed by atoms with van der Waals surface area (Å²) in [5.74, 6) is 0.0328. The summed E-state index contributed by atoms with van der Waals surface area (Å²) in [6, 6.07) is 28.1. The predicted molar refractivity (Wildman–Crippen MR) is 133 cm³/mol. The minimum Gasteiger partial charge on any atom is -0.445 e. The van der Waals surface area contributed by atoms with Crippen molar-refractivity contribution in [2.45, 2.75) is 44.8 Å². The smallest absolute Gasteiger partial charge is 0.410 e. The number of rotatable bonds is 7. The summed E-state index contributed by atoms with van der Waals surface area (Å²) in [7, 11) is 0. The molecule has 5 heteroatoms. The van der Waals surface area contributed by atoms with Gasteiger partial charge in [0.1, 0.15) is 6.61 Å². The third-order valence-corrected chi connectivity index (χ3v) is 6.64. The molecule has 1 N–H and O–H groups in total. The van der Waals surface area contributed by atoms with Crippen molar-refractivity contribution in [3.05, 3.63) is 107 Å². The molecule has 3 aromatic rings. The largest absolute Gasteiger partial charge is 0.445 e. The lowest BCUT2D eigenvalue weighted by molar-refractivity contribution is -0.123. The molecular weight excluding hydrogens is 424 g/mol. The van der Waals surface area contributed by atoms with Crippen LogP contribution in [0.5, 0.6) is 0 Å². The summed E-state index contributed by atoms with van der Waals surface area (Å²) in [4.78, 5) is 27.4. The van der Waals surface area contributed by atoms with Gasteiger partial charge in [-0.05, 0) is 36.5 Å². The van der Waals surface area contributed by atoms with E-state index in [1.54, 1.807) is 4.90 Å². The van der Waals surface area contributed by atoms with Crippen LogP contribution in [-0.4, -0.2) is 30.0 Å². The number of hydrogen-bond donors (Lipinski definition) is 1. The average molecular weight is 457 g/mol. The van der Waals surface area contributed by atoms with Crippen molar-refractivity contribution >= 4 is 12.0 Å². The molecule has 0 atom stereocenters. The standard InChI is InChI=1S/C29H32N2O3/c1-23-9-8-12-25(19-23)21-30-27(32)20-29(26-13-6-3-7-14-26)15-17-31(18-16-29)28(33)34-22-24-10-4-2-5-11-24/h2-14,19H,15-18,20-22H2,1H3,(H,30,32). The zero-order chi connectivity index (χ0) is 23.8. The van der Waals surface area contributed by atoms with Crippen molar-refractivity contribution in [3.8, 4) is 0 Å². The molecule has 176 valence electrons. The van der Waals surface area contributed by atoms with Crippen LogP contribution in [0.15, 0.2) is 84.9 Å². The van der Waals surface area contributed by atoms with Crippen LogP contribution in [0, 0.1) is 6.92 Å². The lowest BCUT2D eigenvalue weighted by Gasteiger charge is -2.41. The molecule has 1 fully saturated rings. The number of likely N-dealkylation sites (tertiary alicyclic amines) is 1. The van der Waals surface area contributed by atoms with Gasteiger partial charge in [0, 0.05) is 31.5 Å². The second-order valence-corrected chi connectivity index (χ2v) is 9.12. The number of nitrogens with one attached hydrogen (secondary N) is 1. The maximum atomic E-state index is 13.0. The first kappa shape index (κ1) is 23.6. The number of benzene rings is 3. The zero-order valence-electron chi connectivity index (χ0n) is 19.7. The third-order valence-electron chi connectivity index (χ3n) is 6.64. The van der Waals surface area contributed by atoms with E-state index in [1.165, 1.54) is 5.56 Å². The lowest BCUT2D eigenvalue weighted by Crippen LogP contribution is -2.47. The van der Waals surface area contributed by atoms with E-state index >= 15 is 0 Å². The van der Waals surface area contributed by atoms with Crippen molar-refractivity contribution in [1.82, 2.24) is 10.2 Å². The highest BCUT2D eigenvalue weighted by atomic mass is 16.6. The number of carbonyl (C=O) groups excluding carboxylic acids is 2. The minimum absolute atomic E-state index is 0.0328. The molecule has 0 bridgehead atoms. The fraction of sp³-hybridized carbons (Fsp3) is 0.310. The van der Waals surface area contributed by atoms with E-state index in [9.17, 15) is 9.59 Å². The van der Waals surface area contributed by atoms with Crippen molar-refractivity contribution < 1.29 is 14.3 Å². The fourth-order valence-corrected chi connectivity index (χ4v) is 4.68. The van der Waals surface area contributed by atoms with Gasteiger partial charge in [0.25, 0.3) is 0 Å². The zero-order valence-corrected chi connectivity index (χ0v) is 19.7. The number of amides is 2. The van der Waals surface area contributed by atoms with Crippen molar-refractivity contribution in [2.24, 2.45) is 0 Å². The molecular formula is C29H32N2O3. The molecule has 0 aromatic heterocycles. The van der Waals surface area contributed by atoms with Gasteiger partial charge >= 0.3 is 6.09 Å². The van der Waals surface area contributed by atoms with Crippen LogP contribution in [0.2, 0.25) is 0 Å². The first-order valence-electron chi connectivity index (χ1n) is 11.9. The van der Waals surface area contributed by atoms with E-state index in [1.807, 2.05) is 73.7 Å². The van der Waals surface area contributed by atoms with Crippen molar-refractivity contribution in [2.75, 3.05) is 13.1 Å². The van der Waals surface area contributed by atoms with Gasteiger partial charge in [-0.25, -0.2) is 4.79 Å². The molecule has 5 nitrogen and oxygen atoms in total. The Morgan fingerprint density at radius 1 is 0.882 bits per heavy atom. The minimum atomic E-state index is -0.297. The molecule has 1 aliphatic heterocycles. The molecule has 0 radical (unpaired) electrons. The molecule has 0 saturated carbocycles. The molecule has 0 aliphatic carbocycles. The molecule has 1 saturated heterocycles. The monoisotopic (exact) mass is 456 g/mol. The number of aryl methyl sites for hydroxylation is 1. The van der Waals surface area contributed by atoms with Gasteiger partial charge in [0.2, 0.25) is 5.91 Å². The van der Waals surface area contributed by atoms with Crippen LogP contribution in [0.3, 0.4) is 0 Å². The van der Waals surface area contributed by atoms with E-state index in [-0.39, 0.29) is 24.0 Å². The highest BCUT2D eigenvalue weighted by Crippen LogP contribution is 2.39. The Labute approximate surface area is 201 Å². The van der Waals surface area contributed by atoms with Crippen molar-refractivity contribution in [1.29, 1.82) is 0 Å². The Morgan fingerprint density at radius 3 is 2.21 bits per heavy atom. The van der Waals surface area contributed by atoms with Crippen LogP contribution in [-0.2, 0) is 28.1 Å². The fourth-order valence-electron chi connectivity index (χ4n) is 4.68. The van der Waals surface area contributed by atoms with Crippen LogP contribution in [0.4, 0.5) is 4.79 Å². The molecule has 0 unspecified atom stereocenters. The third kappa shape index (κ3) is 6.04.